The van der Waals surface area contributed by atoms with Crippen molar-refractivity contribution in [2.24, 2.45) is 5.84 Å². The maximum absolute atomic E-state index is 12.1. The minimum atomic E-state index is -1.44. The highest BCUT2D eigenvalue weighted by Crippen LogP contribution is 2.32. The van der Waals surface area contributed by atoms with Gasteiger partial charge in [0.2, 0.25) is 0 Å². The Morgan fingerprint density at radius 1 is 1.33 bits per heavy atom. The number of aliphatic hydroxyl groups excluding tert-OH is 2. The van der Waals surface area contributed by atoms with Crippen molar-refractivity contribution in [3.63, 3.8) is 0 Å². The SMILES string of the molecule is CN(N)C(=O)[C@H]1O[C@@H](n2cnc3c(NCc4cccc(I)c4)ncnc32)[C@H](O)[C@@H]1O. The summed E-state index contributed by atoms with van der Waals surface area (Å²) >= 11 is 2.25. The van der Waals surface area contributed by atoms with Crippen LogP contribution in [-0.2, 0) is 16.1 Å². The molecule has 4 rings (SSSR count). The average molecular weight is 525 g/mol. The maximum atomic E-state index is 12.1. The van der Waals surface area contributed by atoms with Gasteiger partial charge in [-0.05, 0) is 40.3 Å². The summed E-state index contributed by atoms with van der Waals surface area (Å²) in [5.41, 5.74) is 1.94. The van der Waals surface area contributed by atoms with Gasteiger partial charge in [-0.15, -0.1) is 0 Å². The van der Waals surface area contributed by atoms with Gasteiger partial charge in [0, 0.05) is 17.2 Å². The van der Waals surface area contributed by atoms with Gasteiger partial charge in [0.05, 0.1) is 6.33 Å². The van der Waals surface area contributed by atoms with Gasteiger partial charge in [0.1, 0.15) is 18.5 Å². The number of hydrazine groups is 1. The molecule has 0 aliphatic carbocycles. The van der Waals surface area contributed by atoms with Crippen LogP contribution in [-0.4, -0.2) is 66.0 Å². The molecule has 30 heavy (non-hydrogen) atoms. The molecule has 12 heteroatoms. The van der Waals surface area contributed by atoms with E-state index in [2.05, 4.69) is 48.9 Å². The number of rotatable bonds is 5. The van der Waals surface area contributed by atoms with E-state index in [1.54, 1.807) is 0 Å². The lowest BCUT2D eigenvalue weighted by Gasteiger charge is -2.18. The highest BCUT2D eigenvalue weighted by atomic mass is 127. The molecular formula is C18H20IN7O4. The average Bonchev–Trinajstić information content (AvgIpc) is 3.27. The van der Waals surface area contributed by atoms with E-state index in [4.69, 9.17) is 10.6 Å². The van der Waals surface area contributed by atoms with Crippen molar-refractivity contribution in [1.82, 2.24) is 24.5 Å². The van der Waals surface area contributed by atoms with Gasteiger partial charge >= 0.3 is 0 Å². The summed E-state index contributed by atoms with van der Waals surface area (Å²) in [5.74, 6) is 5.31. The standard InChI is InChI=1S/C18H20IN7O4/c1-25(20)17(29)14-12(27)13(28)18(30-14)26-8-24-11-15(22-7-23-16(11)26)21-6-9-3-2-4-10(19)5-9/h2-5,7-8,12-14,18,27-28H,6,20H2,1H3,(H,21,22,23)/t12-,13+,14-,18+/m0/s1. The number of halogens is 1. The number of nitrogens with one attached hydrogen (secondary N) is 1. The Labute approximate surface area is 185 Å². The van der Waals surface area contributed by atoms with E-state index in [1.807, 2.05) is 18.2 Å². The van der Waals surface area contributed by atoms with Crippen LogP contribution >= 0.6 is 22.6 Å². The van der Waals surface area contributed by atoms with E-state index in [1.165, 1.54) is 24.3 Å². The van der Waals surface area contributed by atoms with Gasteiger partial charge in [0.25, 0.3) is 5.91 Å². The lowest BCUT2D eigenvalue weighted by atomic mass is 10.1. The molecule has 0 bridgehead atoms. The highest BCUT2D eigenvalue weighted by molar-refractivity contribution is 14.1. The first-order valence-electron chi connectivity index (χ1n) is 9.06. The van der Waals surface area contributed by atoms with Gasteiger partial charge in [-0.25, -0.2) is 20.8 Å². The zero-order valence-corrected chi connectivity index (χ0v) is 18.0. The van der Waals surface area contributed by atoms with Gasteiger partial charge in [0.15, 0.2) is 29.3 Å². The number of ether oxygens (including phenoxy) is 1. The van der Waals surface area contributed by atoms with Crippen molar-refractivity contribution in [1.29, 1.82) is 0 Å². The molecule has 1 aliphatic heterocycles. The molecule has 0 saturated carbocycles. The van der Waals surface area contributed by atoms with Crippen LogP contribution in [0.15, 0.2) is 36.9 Å². The molecule has 1 aromatic carbocycles. The second-order valence-corrected chi connectivity index (χ2v) is 8.15. The van der Waals surface area contributed by atoms with E-state index >= 15 is 0 Å². The first-order valence-corrected chi connectivity index (χ1v) is 10.1. The van der Waals surface area contributed by atoms with Crippen molar-refractivity contribution in [3.8, 4) is 0 Å². The molecule has 0 spiro atoms. The summed E-state index contributed by atoms with van der Waals surface area (Å²) in [6.45, 7) is 0.538. The van der Waals surface area contributed by atoms with Gasteiger partial charge in [-0.1, -0.05) is 12.1 Å². The molecule has 3 heterocycles. The number of amides is 1. The molecule has 2 aromatic heterocycles. The van der Waals surface area contributed by atoms with Crippen LogP contribution in [0, 0.1) is 3.57 Å². The van der Waals surface area contributed by atoms with Crippen molar-refractivity contribution >= 4 is 45.5 Å². The summed E-state index contributed by atoms with van der Waals surface area (Å²) in [7, 11) is 1.34. The molecule has 4 atom stereocenters. The fraction of sp³-hybridized carbons (Fsp3) is 0.333. The molecule has 3 aromatic rings. The number of carbonyl (C=O) groups excluding carboxylic acids is 1. The maximum Gasteiger partial charge on any atom is 0.268 e. The van der Waals surface area contributed by atoms with Crippen molar-refractivity contribution in [2.45, 2.75) is 31.1 Å². The summed E-state index contributed by atoms with van der Waals surface area (Å²) in [6, 6.07) is 8.04. The molecule has 1 aliphatic rings. The molecule has 5 N–H and O–H groups in total. The zero-order chi connectivity index (χ0) is 21.4. The third kappa shape index (κ3) is 3.83. The number of nitrogens with two attached hydrogens (primary N) is 1. The molecule has 1 saturated heterocycles. The van der Waals surface area contributed by atoms with E-state index < -0.39 is 30.4 Å². The number of aliphatic hydroxyl groups is 2. The van der Waals surface area contributed by atoms with Crippen LogP contribution in [0.2, 0.25) is 0 Å². The monoisotopic (exact) mass is 525 g/mol. The third-order valence-electron chi connectivity index (χ3n) is 4.81. The summed E-state index contributed by atoms with van der Waals surface area (Å²) in [5, 5.41) is 24.7. The van der Waals surface area contributed by atoms with Crippen molar-refractivity contribution in [3.05, 3.63) is 46.1 Å². The Morgan fingerprint density at radius 2 is 2.13 bits per heavy atom. The third-order valence-corrected chi connectivity index (χ3v) is 5.48. The topological polar surface area (TPSA) is 152 Å². The first kappa shape index (κ1) is 20.9. The number of carbonyl (C=O) groups is 1. The lowest BCUT2D eigenvalue weighted by molar-refractivity contribution is -0.147. The Hall–Kier alpha value is -2.39. The molecule has 1 amide bonds. The van der Waals surface area contributed by atoms with Gasteiger partial charge in [-0.3, -0.25) is 14.4 Å². The zero-order valence-electron chi connectivity index (χ0n) is 15.9. The molecule has 0 radical (unpaired) electrons. The summed E-state index contributed by atoms with van der Waals surface area (Å²) in [4.78, 5) is 25.0. The van der Waals surface area contributed by atoms with Crippen LogP contribution in [0.25, 0.3) is 11.2 Å². The Morgan fingerprint density at radius 3 is 2.87 bits per heavy atom. The van der Waals surface area contributed by atoms with Crippen LogP contribution in [0.1, 0.15) is 11.8 Å². The largest absolute Gasteiger partial charge is 0.387 e. The number of imidazole rings is 1. The molecule has 158 valence electrons. The quantitative estimate of drug-likeness (QED) is 0.156. The first-order chi connectivity index (χ1) is 14.4. The minimum absolute atomic E-state index is 0.389. The number of likely N-dealkylation sites (N-methyl/N-ethyl adjacent to an activating group) is 1. The molecule has 0 unspecified atom stereocenters. The normalized spacial score (nSPS) is 23.6. The number of anilines is 1. The minimum Gasteiger partial charge on any atom is -0.387 e. The number of hydrogen-bond acceptors (Lipinski definition) is 9. The molecular weight excluding hydrogens is 505 g/mol. The Bertz CT molecular complexity index is 1080. The van der Waals surface area contributed by atoms with Gasteiger partial charge in [-0.2, -0.15) is 0 Å². The van der Waals surface area contributed by atoms with E-state index in [-0.39, 0.29) is 0 Å². The predicted molar refractivity (Wildman–Crippen MR) is 115 cm³/mol. The van der Waals surface area contributed by atoms with Crippen LogP contribution in [0.4, 0.5) is 5.82 Å². The van der Waals surface area contributed by atoms with Crippen LogP contribution < -0.4 is 11.2 Å². The van der Waals surface area contributed by atoms with E-state index in [0.29, 0.717) is 23.5 Å². The van der Waals surface area contributed by atoms with E-state index in [0.717, 1.165) is 14.1 Å². The summed E-state index contributed by atoms with van der Waals surface area (Å²) < 4.78 is 8.20. The second kappa shape index (κ2) is 8.39. The van der Waals surface area contributed by atoms with Crippen molar-refractivity contribution < 1.29 is 19.7 Å². The lowest BCUT2D eigenvalue weighted by Crippen LogP contribution is -2.46. The smallest absolute Gasteiger partial charge is 0.268 e. The fourth-order valence-electron chi connectivity index (χ4n) is 3.29. The number of aromatic nitrogens is 4. The van der Waals surface area contributed by atoms with Crippen LogP contribution in [0.5, 0.6) is 0 Å². The number of hydrogen-bond donors (Lipinski definition) is 4. The van der Waals surface area contributed by atoms with Gasteiger partial charge < -0.3 is 20.3 Å². The number of benzene rings is 1. The second-order valence-electron chi connectivity index (χ2n) is 6.91. The Balaban J connectivity index is 1.59. The van der Waals surface area contributed by atoms with E-state index in [9.17, 15) is 15.0 Å². The fourth-order valence-corrected chi connectivity index (χ4v) is 3.90. The number of nitrogens with zero attached hydrogens (tertiary/aromatic N) is 5. The molecule has 11 nitrogen and oxygen atoms in total. The summed E-state index contributed by atoms with van der Waals surface area (Å²) in [6.07, 6.45) is -2.36. The Kier molecular flexibility index (Phi) is 5.84. The highest BCUT2D eigenvalue weighted by Gasteiger charge is 2.48. The van der Waals surface area contributed by atoms with Crippen molar-refractivity contribution in [2.75, 3.05) is 12.4 Å². The molecule has 1 fully saturated rings. The number of fused-ring (bicyclic) bond motifs is 1. The predicted octanol–water partition coefficient (Wildman–Crippen LogP) is -0.00570. The van der Waals surface area contributed by atoms with Crippen LogP contribution in [0.3, 0.4) is 0 Å².